The molecule has 1 heterocycles. The van der Waals surface area contributed by atoms with Crippen LogP contribution in [0.25, 0.3) is 0 Å². The van der Waals surface area contributed by atoms with E-state index >= 15 is 0 Å². The molecule has 1 saturated carbocycles. The highest BCUT2D eigenvalue weighted by molar-refractivity contribution is 4.93. The molecule has 1 spiro atoms. The van der Waals surface area contributed by atoms with Crippen LogP contribution >= 0.6 is 0 Å². The van der Waals surface area contributed by atoms with Gasteiger partial charge in [0.15, 0.2) is 0 Å². The molecule has 1 aliphatic carbocycles. The number of hydrogen-bond donors (Lipinski definition) is 1. The van der Waals surface area contributed by atoms with Gasteiger partial charge in [0.2, 0.25) is 0 Å². The Balaban J connectivity index is 1.95. The van der Waals surface area contributed by atoms with Crippen LogP contribution in [-0.4, -0.2) is 24.8 Å². The molecule has 88 valence electrons. The summed E-state index contributed by atoms with van der Waals surface area (Å²) in [5.41, 5.74) is -0.131. The largest absolute Gasteiger partial charge is 0.354 e. The maximum Gasteiger partial charge on any atom is 0.283 e. The fourth-order valence-electron chi connectivity index (χ4n) is 2.29. The lowest BCUT2D eigenvalue weighted by molar-refractivity contribution is -0.210. The van der Waals surface area contributed by atoms with Crippen LogP contribution in [0, 0.1) is 5.41 Å². The van der Waals surface area contributed by atoms with Crippen LogP contribution in [0.1, 0.15) is 39.5 Å². The van der Waals surface area contributed by atoms with E-state index in [0.29, 0.717) is 5.41 Å². The molecule has 0 atom stereocenters. The van der Waals surface area contributed by atoms with Gasteiger partial charge in [-0.05, 0) is 31.1 Å². The average Bonchev–Trinajstić information content (AvgIpc) is 2.15. The lowest BCUT2D eigenvalue weighted by Crippen LogP contribution is -2.60. The first-order valence-corrected chi connectivity index (χ1v) is 5.60. The van der Waals surface area contributed by atoms with Gasteiger partial charge < -0.3 is 4.74 Å². The minimum absolute atomic E-state index is 0.243. The van der Waals surface area contributed by atoms with Crippen molar-refractivity contribution in [2.75, 3.05) is 13.2 Å². The fourth-order valence-corrected chi connectivity index (χ4v) is 2.29. The molecule has 0 bridgehead atoms. The molecule has 15 heavy (non-hydrogen) atoms. The molecular formula is C11H19F2NO. The van der Waals surface area contributed by atoms with Gasteiger partial charge in [0.1, 0.15) is 12.3 Å². The SMILES string of the molecule is CC1(C)CCC2(CC1)NCC(F)(F)CO2. The Morgan fingerprint density at radius 3 is 2.13 bits per heavy atom. The summed E-state index contributed by atoms with van der Waals surface area (Å²) in [7, 11) is 0. The van der Waals surface area contributed by atoms with Crippen LogP contribution in [0.15, 0.2) is 0 Å². The number of hydrogen-bond acceptors (Lipinski definition) is 2. The molecule has 0 unspecified atom stereocenters. The van der Waals surface area contributed by atoms with E-state index in [-0.39, 0.29) is 6.54 Å². The van der Waals surface area contributed by atoms with Crippen molar-refractivity contribution in [3.8, 4) is 0 Å². The summed E-state index contributed by atoms with van der Waals surface area (Å²) in [4.78, 5) is 0. The number of halogens is 2. The molecule has 1 saturated heterocycles. The van der Waals surface area contributed by atoms with Crippen molar-refractivity contribution in [1.82, 2.24) is 5.32 Å². The Morgan fingerprint density at radius 1 is 1.07 bits per heavy atom. The smallest absolute Gasteiger partial charge is 0.283 e. The van der Waals surface area contributed by atoms with Crippen molar-refractivity contribution in [3.05, 3.63) is 0 Å². The molecule has 2 nitrogen and oxygen atoms in total. The number of alkyl halides is 2. The van der Waals surface area contributed by atoms with Gasteiger partial charge in [-0.25, -0.2) is 8.78 Å². The van der Waals surface area contributed by atoms with E-state index < -0.39 is 18.3 Å². The van der Waals surface area contributed by atoms with Crippen molar-refractivity contribution in [2.45, 2.75) is 51.2 Å². The van der Waals surface area contributed by atoms with Crippen molar-refractivity contribution < 1.29 is 13.5 Å². The van der Waals surface area contributed by atoms with E-state index in [1.807, 2.05) is 0 Å². The first kappa shape index (κ1) is 11.3. The number of nitrogens with one attached hydrogen (secondary N) is 1. The van der Waals surface area contributed by atoms with Crippen molar-refractivity contribution in [3.63, 3.8) is 0 Å². The van der Waals surface area contributed by atoms with E-state index in [4.69, 9.17) is 4.74 Å². The zero-order valence-corrected chi connectivity index (χ0v) is 9.41. The average molecular weight is 219 g/mol. The van der Waals surface area contributed by atoms with E-state index in [9.17, 15) is 8.78 Å². The summed E-state index contributed by atoms with van der Waals surface area (Å²) in [6.07, 6.45) is 3.75. The summed E-state index contributed by atoms with van der Waals surface area (Å²) in [5.74, 6) is -2.70. The zero-order chi connectivity index (χ0) is 11.2. The van der Waals surface area contributed by atoms with Crippen LogP contribution < -0.4 is 5.32 Å². The molecule has 2 aliphatic rings. The van der Waals surface area contributed by atoms with Gasteiger partial charge >= 0.3 is 0 Å². The van der Waals surface area contributed by atoms with Crippen LogP contribution in [0.4, 0.5) is 8.78 Å². The maximum absolute atomic E-state index is 12.9. The Morgan fingerprint density at radius 2 is 1.67 bits per heavy atom. The lowest BCUT2D eigenvalue weighted by atomic mass is 9.73. The second-order valence-corrected chi connectivity index (χ2v) is 5.66. The molecule has 0 amide bonds. The van der Waals surface area contributed by atoms with Crippen molar-refractivity contribution in [2.24, 2.45) is 5.41 Å². The van der Waals surface area contributed by atoms with Gasteiger partial charge in [0.25, 0.3) is 5.92 Å². The van der Waals surface area contributed by atoms with Crippen LogP contribution in [0.2, 0.25) is 0 Å². The van der Waals surface area contributed by atoms with Gasteiger partial charge in [-0.15, -0.1) is 0 Å². The van der Waals surface area contributed by atoms with E-state index in [1.165, 1.54) is 0 Å². The molecule has 4 heteroatoms. The predicted octanol–water partition coefficient (Wildman–Crippen LogP) is 2.54. The van der Waals surface area contributed by atoms with E-state index in [1.54, 1.807) is 0 Å². The lowest BCUT2D eigenvalue weighted by Gasteiger charge is -2.47. The van der Waals surface area contributed by atoms with Gasteiger partial charge in [-0.3, -0.25) is 5.32 Å². The van der Waals surface area contributed by atoms with E-state index in [0.717, 1.165) is 25.7 Å². The first-order chi connectivity index (χ1) is 6.83. The third-order valence-electron chi connectivity index (χ3n) is 3.64. The molecule has 2 rings (SSSR count). The Bertz CT molecular complexity index is 203. The summed E-state index contributed by atoms with van der Waals surface area (Å²) in [6, 6.07) is 0. The summed E-state index contributed by atoms with van der Waals surface area (Å²) in [6.45, 7) is 3.77. The van der Waals surface area contributed by atoms with Gasteiger partial charge in [-0.2, -0.15) is 0 Å². The third-order valence-corrected chi connectivity index (χ3v) is 3.64. The topological polar surface area (TPSA) is 21.3 Å². The predicted molar refractivity (Wildman–Crippen MR) is 53.9 cm³/mol. The van der Waals surface area contributed by atoms with Crippen LogP contribution in [0.5, 0.6) is 0 Å². The molecule has 0 radical (unpaired) electrons. The quantitative estimate of drug-likeness (QED) is 0.676. The molecule has 0 aromatic rings. The second-order valence-electron chi connectivity index (χ2n) is 5.66. The van der Waals surface area contributed by atoms with Gasteiger partial charge in [0.05, 0.1) is 6.54 Å². The van der Waals surface area contributed by atoms with Gasteiger partial charge in [-0.1, -0.05) is 13.8 Å². The number of ether oxygens (including phenoxy) is 1. The molecule has 1 N–H and O–H groups in total. The molecule has 0 aromatic carbocycles. The summed E-state index contributed by atoms with van der Waals surface area (Å²) < 4.78 is 31.2. The highest BCUT2D eigenvalue weighted by atomic mass is 19.3. The first-order valence-electron chi connectivity index (χ1n) is 5.60. The van der Waals surface area contributed by atoms with E-state index in [2.05, 4.69) is 19.2 Å². The summed E-state index contributed by atoms with van der Waals surface area (Å²) in [5, 5.41) is 2.89. The highest BCUT2D eigenvalue weighted by Crippen LogP contribution is 2.42. The molecule has 1 aliphatic heterocycles. The molecule has 0 aromatic heterocycles. The van der Waals surface area contributed by atoms with Gasteiger partial charge in [0, 0.05) is 0 Å². The summed E-state index contributed by atoms with van der Waals surface area (Å²) >= 11 is 0. The zero-order valence-electron chi connectivity index (χ0n) is 9.41. The van der Waals surface area contributed by atoms with Crippen molar-refractivity contribution >= 4 is 0 Å². The highest BCUT2D eigenvalue weighted by Gasteiger charge is 2.46. The Labute approximate surface area is 89.4 Å². The normalized spacial score (nSPS) is 32.8. The minimum Gasteiger partial charge on any atom is -0.354 e. The number of rotatable bonds is 0. The minimum atomic E-state index is -2.70. The molecular weight excluding hydrogens is 200 g/mol. The second kappa shape index (κ2) is 3.39. The molecule has 2 fully saturated rings. The van der Waals surface area contributed by atoms with Crippen LogP contribution in [-0.2, 0) is 4.74 Å². The fraction of sp³-hybridized carbons (Fsp3) is 1.00. The Hall–Kier alpha value is -0.220. The van der Waals surface area contributed by atoms with Crippen LogP contribution in [0.3, 0.4) is 0 Å². The standard InChI is InChI=1S/C11H19F2NO/c1-9(2)3-5-11(6-4-9)14-7-10(12,13)8-15-11/h14H,3-8H2,1-2H3. The van der Waals surface area contributed by atoms with Crippen molar-refractivity contribution in [1.29, 1.82) is 0 Å². The third kappa shape index (κ3) is 2.48. The maximum atomic E-state index is 12.9. The Kier molecular flexibility index (Phi) is 2.54. The monoisotopic (exact) mass is 219 g/mol.